The van der Waals surface area contributed by atoms with Gasteiger partial charge >= 0.3 is 5.97 Å². The number of nitrogens with one attached hydrogen (secondary N) is 4. The second-order valence-corrected chi connectivity index (χ2v) is 7.25. The quantitative estimate of drug-likeness (QED) is 0.208. The summed E-state index contributed by atoms with van der Waals surface area (Å²) in [6, 6.07) is 3.90. The van der Waals surface area contributed by atoms with Crippen molar-refractivity contribution in [3.8, 4) is 0 Å². The molecule has 0 saturated carbocycles. The minimum absolute atomic E-state index is 0.0449. The van der Waals surface area contributed by atoms with Crippen LogP contribution in [0.15, 0.2) is 30.5 Å². The lowest BCUT2D eigenvalue weighted by Crippen LogP contribution is -2.53. The van der Waals surface area contributed by atoms with Gasteiger partial charge in [0.1, 0.15) is 12.1 Å². The lowest BCUT2D eigenvalue weighted by molar-refractivity contribution is -0.141. The largest absolute Gasteiger partial charge is 0.480 e. The molecule has 1 heterocycles. The Hall–Kier alpha value is -3.93. The van der Waals surface area contributed by atoms with Gasteiger partial charge in [-0.15, -0.1) is 0 Å². The fraction of sp³-hybridized carbons (Fsp3) is 0.350. The zero-order valence-corrected chi connectivity index (χ0v) is 17.4. The van der Waals surface area contributed by atoms with Crippen LogP contribution < -0.4 is 27.4 Å². The van der Waals surface area contributed by atoms with Crippen molar-refractivity contribution in [3.05, 3.63) is 36.0 Å². The van der Waals surface area contributed by atoms with Crippen LogP contribution in [0.5, 0.6) is 0 Å². The number of hydrogen-bond acceptors (Lipinski definition) is 6. The zero-order chi connectivity index (χ0) is 23.8. The van der Waals surface area contributed by atoms with E-state index in [-0.39, 0.29) is 12.8 Å². The van der Waals surface area contributed by atoms with E-state index in [0.29, 0.717) is 0 Å². The third-order valence-electron chi connectivity index (χ3n) is 4.67. The number of primary amides is 1. The van der Waals surface area contributed by atoms with Crippen LogP contribution in [0.4, 0.5) is 0 Å². The number of aromatic amines is 1. The van der Waals surface area contributed by atoms with E-state index in [0.717, 1.165) is 16.5 Å². The van der Waals surface area contributed by atoms with Gasteiger partial charge < -0.3 is 37.5 Å². The standard InChI is InChI=1S/C20H26N6O6/c1-10(25-19(30)13(21)7-16(22)27)18(29)24-9-17(28)26-15(20(31)32)6-11-8-23-14-5-3-2-4-12(11)14/h2-5,8,10,13,15,23H,6-7,9,21H2,1H3,(H2,22,27)(H,24,29)(H,25,30)(H,26,28)(H,31,32). The molecule has 32 heavy (non-hydrogen) atoms. The van der Waals surface area contributed by atoms with Gasteiger partial charge in [0.05, 0.1) is 19.0 Å². The predicted octanol–water partition coefficient (Wildman–Crippen LogP) is -1.90. The van der Waals surface area contributed by atoms with Gasteiger partial charge in [-0.25, -0.2) is 4.79 Å². The van der Waals surface area contributed by atoms with Gasteiger partial charge in [-0.1, -0.05) is 18.2 Å². The molecule has 0 aliphatic carbocycles. The maximum Gasteiger partial charge on any atom is 0.326 e. The maximum atomic E-state index is 12.2. The van der Waals surface area contributed by atoms with Crippen molar-refractivity contribution in [1.82, 2.24) is 20.9 Å². The first-order chi connectivity index (χ1) is 15.1. The normalized spacial score (nSPS) is 13.6. The number of carbonyl (C=O) groups is 5. The van der Waals surface area contributed by atoms with Crippen LogP contribution in [0, 0.1) is 0 Å². The lowest BCUT2D eigenvalue weighted by atomic mass is 10.0. The Kier molecular flexibility index (Phi) is 8.30. The highest BCUT2D eigenvalue weighted by atomic mass is 16.4. The third kappa shape index (κ3) is 6.80. The molecule has 0 radical (unpaired) electrons. The van der Waals surface area contributed by atoms with Crippen LogP contribution in [0.3, 0.4) is 0 Å². The molecule has 4 amide bonds. The smallest absolute Gasteiger partial charge is 0.326 e. The molecule has 1 aromatic heterocycles. The Balaban J connectivity index is 1.86. The van der Waals surface area contributed by atoms with Gasteiger partial charge in [0.25, 0.3) is 0 Å². The number of nitrogens with two attached hydrogens (primary N) is 2. The Labute approximate surface area is 183 Å². The van der Waals surface area contributed by atoms with E-state index in [4.69, 9.17) is 11.5 Å². The highest BCUT2D eigenvalue weighted by Gasteiger charge is 2.24. The van der Waals surface area contributed by atoms with Crippen LogP contribution in [0.1, 0.15) is 18.9 Å². The number of rotatable bonds is 11. The monoisotopic (exact) mass is 446 g/mol. The average molecular weight is 446 g/mol. The first-order valence-corrected chi connectivity index (χ1v) is 9.77. The number of carboxylic acid groups (broad SMARTS) is 1. The Bertz CT molecular complexity index is 1020. The number of carboxylic acids is 1. The number of para-hydroxylation sites is 1. The second-order valence-electron chi connectivity index (χ2n) is 7.25. The van der Waals surface area contributed by atoms with Crippen LogP contribution in [0.2, 0.25) is 0 Å². The summed E-state index contributed by atoms with van der Waals surface area (Å²) in [6.45, 7) is 0.864. The molecule has 0 aliphatic rings. The molecule has 1 aromatic carbocycles. The van der Waals surface area contributed by atoms with Crippen molar-refractivity contribution in [2.24, 2.45) is 11.5 Å². The fourth-order valence-corrected chi connectivity index (χ4v) is 2.98. The number of aliphatic carboxylic acids is 1. The number of amides is 4. The van der Waals surface area contributed by atoms with Crippen LogP contribution in [0.25, 0.3) is 10.9 Å². The topological polar surface area (TPSA) is 209 Å². The van der Waals surface area contributed by atoms with Crippen molar-refractivity contribution < 1.29 is 29.1 Å². The molecule has 2 rings (SSSR count). The van der Waals surface area contributed by atoms with Crippen molar-refractivity contribution in [2.75, 3.05) is 6.54 Å². The Morgan fingerprint density at radius 2 is 1.78 bits per heavy atom. The summed E-state index contributed by atoms with van der Waals surface area (Å²) < 4.78 is 0. The molecule has 0 fully saturated rings. The maximum absolute atomic E-state index is 12.2. The van der Waals surface area contributed by atoms with Gasteiger partial charge in [0, 0.05) is 23.5 Å². The summed E-state index contributed by atoms with van der Waals surface area (Å²) in [5.41, 5.74) is 12.0. The molecular weight excluding hydrogens is 420 g/mol. The molecule has 12 nitrogen and oxygen atoms in total. The van der Waals surface area contributed by atoms with Crippen molar-refractivity contribution in [1.29, 1.82) is 0 Å². The van der Waals surface area contributed by atoms with Crippen LogP contribution >= 0.6 is 0 Å². The van der Waals surface area contributed by atoms with E-state index in [9.17, 15) is 29.1 Å². The number of fused-ring (bicyclic) bond motifs is 1. The van der Waals surface area contributed by atoms with Crippen molar-refractivity contribution in [2.45, 2.75) is 37.9 Å². The van der Waals surface area contributed by atoms with E-state index in [1.165, 1.54) is 6.92 Å². The van der Waals surface area contributed by atoms with Gasteiger partial charge in [-0.2, -0.15) is 0 Å². The van der Waals surface area contributed by atoms with Crippen LogP contribution in [-0.4, -0.2) is 64.4 Å². The summed E-state index contributed by atoms with van der Waals surface area (Å²) >= 11 is 0. The van der Waals surface area contributed by atoms with E-state index in [2.05, 4.69) is 20.9 Å². The van der Waals surface area contributed by atoms with Gasteiger partial charge in [-0.05, 0) is 18.6 Å². The van der Waals surface area contributed by atoms with E-state index in [1.54, 1.807) is 6.20 Å². The predicted molar refractivity (Wildman–Crippen MR) is 114 cm³/mol. The molecule has 172 valence electrons. The second kappa shape index (κ2) is 10.9. The highest BCUT2D eigenvalue weighted by Crippen LogP contribution is 2.19. The lowest BCUT2D eigenvalue weighted by Gasteiger charge is -2.18. The summed E-state index contributed by atoms with van der Waals surface area (Å²) in [5.74, 6) is -4.14. The summed E-state index contributed by atoms with van der Waals surface area (Å²) in [4.78, 5) is 61.5. The Morgan fingerprint density at radius 3 is 2.44 bits per heavy atom. The fourth-order valence-electron chi connectivity index (χ4n) is 2.98. The molecule has 3 atom stereocenters. The van der Waals surface area contributed by atoms with E-state index < -0.39 is 54.3 Å². The van der Waals surface area contributed by atoms with E-state index in [1.807, 2.05) is 24.3 Å². The van der Waals surface area contributed by atoms with Crippen molar-refractivity contribution >= 4 is 40.5 Å². The van der Waals surface area contributed by atoms with E-state index >= 15 is 0 Å². The number of hydrogen-bond donors (Lipinski definition) is 7. The summed E-state index contributed by atoms with van der Waals surface area (Å²) in [7, 11) is 0. The Morgan fingerprint density at radius 1 is 1.09 bits per heavy atom. The molecule has 3 unspecified atom stereocenters. The highest BCUT2D eigenvalue weighted by molar-refractivity contribution is 5.93. The average Bonchev–Trinajstić information content (AvgIpc) is 3.13. The third-order valence-corrected chi connectivity index (χ3v) is 4.67. The molecule has 0 aliphatic heterocycles. The van der Waals surface area contributed by atoms with Gasteiger partial charge in [-0.3, -0.25) is 19.2 Å². The summed E-state index contributed by atoms with van der Waals surface area (Å²) in [5, 5.41) is 17.3. The number of H-pyrrole nitrogens is 1. The molecule has 0 spiro atoms. The number of carbonyl (C=O) groups excluding carboxylic acids is 4. The molecule has 9 N–H and O–H groups in total. The summed E-state index contributed by atoms with van der Waals surface area (Å²) in [6.07, 6.45) is 1.35. The first-order valence-electron chi connectivity index (χ1n) is 9.77. The van der Waals surface area contributed by atoms with Gasteiger partial charge in [0.2, 0.25) is 23.6 Å². The minimum atomic E-state index is -1.22. The van der Waals surface area contributed by atoms with Crippen LogP contribution in [-0.2, 0) is 30.4 Å². The molecule has 12 heteroatoms. The SMILES string of the molecule is CC(NC(=O)C(N)CC(N)=O)C(=O)NCC(=O)NC(Cc1c[nH]c2ccccc12)C(=O)O. The number of benzene rings is 1. The van der Waals surface area contributed by atoms with Crippen molar-refractivity contribution in [3.63, 3.8) is 0 Å². The zero-order valence-electron chi connectivity index (χ0n) is 17.4. The first kappa shape index (κ1) is 24.3. The molecular formula is C20H26N6O6. The van der Waals surface area contributed by atoms with Gasteiger partial charge in [0.15, 0.2) is 0 Å². The minimum Gasteiger partial charge on any atom is -0.480 e. The molecule has 0 saturated heterocycles. The number of aromatic nitrogens is 1. The molecule has 2 aromatic rings. The molecule has 0 bridgehead atoms.